The van der Waals surface area contributed by atoms with Crippen LogP contribution in [0.2, 0.25) is 5.02 Å². The fourth-order valence-electron chi connectivity index (χ4n) is 2.47. The smallest absolute Gasteiger partial charge is 0.254 e. The Morgan fingerprint density at radius 3 is 2.41 bits per heavy atom. The number of hydrogen-bond donors (Lipinski definition) is 1. The average molecular weight is 322 g/mol. The first-order valence-electron chi connectivity index (χ1n) is 7.06. The van der Waals surface area contributed by atoms with Crippen LogP contribution < -0.4 is 5.32 Å². The molecule has 1 aliphatic rings. The number of nitrogens with one attached hydrogen (secondary N) is 1. The van der Waals surface area contributed by atoms with Gasteiger partial charge in [0.15, 0.2) is 0 Å². The quantitative estimate of drug-likeness (QED) is 0.882. The first-order valence-corrected chi connectivity index (χ1v) is 7.44. The van der Waals surface area contributed by atoms with Crippen molar-refractivity contribution in [3.05, 3.63) is 70.2 Å². The third-order valence-electron chi connectivity index (χ3n) is 3.78. The number of halogens is 3. The molecule has 1 aliphatic carbocycles. The summed E-state index contributed by atoms with van der Waals surface area (Å²) in [6, 6.07) is 9.99. The van der Waals surface area contributed by atoms with Crippen molar-refractivity contribution < 1.29 is 13.6 Å². The fraction of sp³-hybridized carbons (Fsp3) is 0.235. The monoisotopic (exact) mass is 321 g/mol. The summed E-state index contributed by atoms with van der Waals surface area (Å²) in [6.45, 7) is 0. The minimum atomic E-state index is -0.858. The Morgan fingerprint density at radius 2 is 1.82 bits per heavy atom. The molecular formula is C17H14ClF2NO. The van der Waals surface area contributed by atoms with Crippen LogP contribution in [0, 0.1) is 17.6 Å². The maximum absolute atomic E-state index is 13.7. The van der Waals surface area contributed by atoms with Gasteiger partial charge in [-0.3, -0.25) is 4.79 Å². The van der Waals surface area contributed by atoms with Crippen LogP contribution in [0.25, 0.3) is 0 Å². The number of carbonyl (C=O) groups excluding carboxylic acids is 1. The molecule has 0 unspecified atom stereocenters. The summed E-state index contributed by atoms with van der Waals surface area (Å²) < 4.78 is 26.6. The Kier molecular flexibility index (Phi) is 4.12. The van der Waals surface area contributed by atoms with Crippen LogP contribution in [0.4, 0.5) is 8.78 Å². The van der Waals surface area contributed by atoms with Gasteiger partial charge in [0, 0.05) is 11.1 Å². The predicted molar refractivity (Wildman–Crippen MR) is 80.7 cm³/mol. The Labute approximate surface area is 132 Å². The number of rotatable bonds is 4. The highest BCUT2D eigenvalue weighted by Gasteiger charge is 2.33. The van der Waals surface area contributed by atoms with E-state index in [1.165, 1.54) is 0 Å². The molecule has 114 valence electrons. The lowest BCUT2D eigenvalue weighted by atomic mass is 10.0. The second kappa shape index (κ2) is 6.05. The molecule has 1 fully saturated rings. The van der Waals surface area contributed by atoms with Gasteiger partial charge in [0.2, 0.25) is 0 Å². The molecule has 1 N–H and O–H groups in total. The van der Waals surface area contributed by atoms with E-state index in [1.807, 2.05) is 12.1 Å². The lowest BCUT2D eigenvalue weighted by Crippen LogP contribution is -2.30. The van der Waals surface area contributed by atoms with Crippen molar-refractivity contribution in [2.45, 2.75) is 18.9 Å². The van der Waals surface area contributed by atoms with E-state index in [2.05, 4.69) is 5.32 Å². The number of benzene rings is 2. The van der Waals surface area contributed by atoms with Crippen LogP contribution in [0.1, 0.15) is 34.8 Å². The molecule has 0 aliphatic heterocycles. The van der Waals surface area contributed by atoms with Gasteiger partial charge in [-0.25, -0.2) is 8.78 Å². The highest BCUT2D eigenvalue weighted by atomic mass is 35.5. The first kappa shape index (κ1) is 15.0. The Bertz CT molecular complexity index is 698. The van der Waals surface area contributed by atoms with Gasteiger partial charge >= 0.3 is 0 Å². The normalized spacial score (nSPS) is 15.4. The molecular weight excluding hydrogens is 308 g/mol. The minimum Gasteiger partial charge on any atom is -0.345 e. The summed E-state index contributed by atoms with van der Waals surface area (Å²) in [5, 5.41) is 3.47. The number of hydrogen-bond acceptors (Lipinski definition) is 1. The molecule has 2 aromatic rings. The highest BCUT2D eigenvalue weighted by molar-refractivity contribution is 6.30. The topological polar surface area (TPSA) is 29.1 Å². The number of carbonyl (C=O) groups is 1. The molecule has 0 aromatic heterocycles. The zero-order valence-corrected chi connectivity index (χ0v) is 12.4. The zero-order chi connectivity index (χ0) is 15.7. The molecule has 3 rings (SSSR count). The number of amides is 1. The average Bonchev–Trinajstić information content (AvgIpc) is 3.30. The molecule has 2 aromatic carbocycles. The predicted octanol–water partition coefficient (Wildman–Crippen LogP) is 4.50. The van der Waals surface area contributed by atoms with Gasteiger partial charge in [-0.15, -0.1) is 0 Å². The van der Waals surface area contributed by atoms with Crippen LogP contribution in [-0.2, 0) is 0 Å². The van der Waals surface area contributed by atoms with Crippen molar-refractivity contribution in [1.82, 2.24) is 5.32 Å². The van der Waals surface area contributed by atoms with Crippen molar-refractivity contribution in [3.8, 4) is 0 Å². The summed E-state index contributed by atoms with van der Waals surface area (Å²) >= 11 is 5.88. The summed E-state index contributed by atoms with van der Waals surface area (Å²) in [5.41, 5.74) is 0.781. The van der Waals surface area contributed by atoms with Crippen LogP contribution in [-0.4, -0.2) is 5.91 Å². The third kappa shape index (κ3) is 3.28. The van der Waals surface area contributed by atoms with E-state index in [0.717, 1.165) is 30.5 Å². The first-order chi connectivity index (χ1) is 10.5. The maximum Gasteiger partial charge on any atom is 0.254 e. The van der Waals surface area contributed by atoms with Gasteiger partial charge < -0.3 is 5.32 Å². The van der Waals surface area contributed by atoms with E-state index in [1.54, 1.807) is 12.1 Å². The van der Waals surface area contributed by atoms with Crippen LogP contribution in [0.15, 0.2) is 42.5 Å². The molecule has 0 bridgehead atoms. The van der Waals surface area contributed by atoms with Crippen LogP contribution in [0.3, 0.4) is 0 Å². The Morgan fingerprint density at radius 1 is 1.14 bits per heavy atom. The molecule has 1 saturated carbocycles. The molecule has 0 radical (unpaired) electrons. The Hall–Kier alpha value is -1.94. The Balaban J connectivity index is 1.82. The largest absolute Gasteiger partial charge is 0.345 e. The minimum absolute atomic E-state index is 0.152. The van der Waals surface area contributed by atoms with E-state index < -0.39 is 17.5 Å². The summed E-state index contributed by atoms with van der Waals surface area (Å²) in [6.07, 6.45) is 2.03. The van der Waals surface area contributed by atoms with Gasteiger partial charge in [0.05, 0.1) is 11.6 Å². The van der Waals surface area contributed by atoms with Gasteiger partial charge in [0.1, 0.15) is 11.6 Å². The SMILES string of the molecule is O=C(N[C@@H](c1ccc(Cl)cc1)C1CC1)c1ccc(F)cc1F. The van der Waals surface area contributed by atoms with Crippen molar-refractivity contribution in [1.29, 1.82) is 0 Å². The lowest BCUT2D eigenvalue weighted by Gasteiger charge is -2.19. The highest BCUT2D eigenvalue weighted by Crippen LogP contribution is 2.41. The summed E-state index contributed by atoms with van der Waals surface area (Å²) in [5.74, 6) is -1.76. The van der Waals surface area contributed by atoms with Crippen molar-refractivity contribution >= 4 is 17.5 Å². The molecule has 0 heterocycles. The van der Waals surface area contributed by atoms with Gasteiger partial charge in [0.25, 0.3) is 5.91 Å². The maximum atomic E-state index is 13.7. The second-order valence-corrected chi connectivity index (χ2v) is 5.90. The fourth-order valence-corrected chi connectivity index (χ4v) is 2.59. The van der Waals surface area contributed by atoms with Gasteiger partial charge in [-0.05, 0) is 48.6 Å². The summed E-state index contributed by atoms with van der Waals surface area (Å²) in [7, 11) is 0. The van der Waals surface area contributed by atoms with Crippen molar-refractivity contribution in [2.75, 3.05) is 0 Å². The van der Waals surface area contributed by atoms with Crippen molar-refractivity contribution in [2.24, 2.45) is 5.92 Å². The molecule has 2 nitrogen and oxygen atoms in total. The third-order valence-corrected chi connectivity index (χ3v) is 4.04. The standard InChI is InChI=1S/C17H14ClF2NO/c18-12-5-3-11(4-6-12)16(10-1-2-10)21-17(22)14-8-7-13(19)9-15(14)20/h3-10,16H,1-2H2,(H,21,22)/t16-/m1/s1. The van der Waals surface area contributed by atoms with Gasteiger partial charge in [-0.2, -0.15) is 0 Å². The molecule has 0 spiro atoms. The van der Waals surface area contributed by atoms with Crippen molar-refractivity contribution in [3.63, 3.8) is 0 Å². The molecule has 1 atom stereocenters. The molecule has 5 heteroatoms. The van der Waals surface area contributed by atoms with E-state index in [0.29, 0.717) is 17.0 Å². The molecule has 0 saturated heterocycles. The van der Waals surface area contributed by atoms with E-state index in [-0.39, 0.29) is 11.6 Å². The van der Waals surface area contributed by atoms with Crippen LogP contribution >= 0.6 is 11.6 Å². The second-order valence-electron chi connectivity index (χ2n) is 5.46. The van der Waals surface area contributed by atoms with E-state index >= 15 is 0 Å². The van der Waals surface area contributed by atoms with E-state index in [9.17, 15) is 13.6 Å². The lowest BCUT2D eigenvalue weighted by molar-refractivity contribution is 0.0927. The molecule has 1 amide bonds. The van der Waals surface area contributed by atoms with Crippen LogP contribution in [0.5, 0.6) is 0 Å². The van der Waals surface area contributed by atoms with E-state index in [4.69, 9.17) is 11.6 Å². The summed E-state index contributed by atoms with van der Waals surface area (Å²) in [4.78, 5) is 12.3. The molecule has 22 heavy (non-hydrogen) atoms. The van der Waals surface area contributed by atoms with Gasteiger partial charge in [-0.1, -0.05) is 23.7 Å². The zero-order valence-electron chi connectivity index (χ0n) is 11.7.